The number of halogens is 2. The fourth-order valence-electron chi connectivity index (χ4n) is 1.71. The Bertz CT molecular complexity index is 356. The number of nitrogens with zero attached hydrogens (tertiary/aromatic N) is 3. The summed E-state index contributed by atoms with van der Waals surface area (Å²) in [5.41, 5.74) is 1.15. The molecule has 2 rings (SSSR count). The van der Waals surface area contributed by atoms with Gasteiger partial charge in [-0.15, -0.1) is 0 Å². The average Bonchev–Trinajstić information content (AvgIpc) is 2.69. The second-order valence-corrected chi connectivity index (χ2v) is 3.97. The Hall–Kier alpha value is -0.620. The molecule has 2 aliphatic rings. The molecule has 0 saturated heterocycles. The Morgan fingerprint density at radius 2 is 1.87 bits per heavy atom. The summed E-state index contributed by atoms with van der Waals surface area (Å²) in [6, 6.07) is 0. The van der Waals surface area contributed by atoms with Gasteiger partial charge < -0.3 is 0 Å². The molecular weight excluding hydrogens is 239 g/mol. The number of hydroxylamine groups is 2. The number of amidine groups is 2. The molecule has 5 nitrogen and oxygen atoms in total. The number of hydrogen-bond acceptors (Lipinski definition) is 5. The lowest BCUT2D eigenvalue weighted by atomic mass is 10.2. The Labute approximate surface area is 97.1 Å². The molecular formula is C8H10Cl2N4O. The third kappa shape index (κ3) is 2.15. The van der Waals surface area contributed by atoms with E-state index in [9.17, 15) is 0 Å². The molecule has 1 fully saturated rings. The van der Waals surface area contributed by atoms with Gasteiger partial charge in [0.15, 0.2) is 5.82 Å². The van der Waals surface area contributed by atoms with Crippen molar-refractivity contribution in [2.24, 2.45) is 15.9 Å². The van der Waals surface area contributed by atoms with Crippen LogP contribution in [0.15, 0.2) is 21.4 Å². The van der Waals surface area contributed by atoms with Gasteiger partial charge in [0, 0.05) is 0 Å². The lowest BCUT2D eigenvalue weighted by Gasteiger charge is -2.22. The highest BCUT2D eigenvalue weighted by atomic mass is 35.5. The SMILES string of the molecule is NON1C(Cl)=NC(Cl)=NC1=C1CCCC1. The van der Waals surface area contributed by atoms with Crippen LogP contribution < -0.4 is 5.90 Å². The zero-order valence-corrected chi connectivity index (χ0v) is 9.42. The van der Waals surface area contributed by atoms with E-state index in [0.29, 0.717) is 5.82 Å². The molecule has 1 aliphatic heterocycles. The van der Waals surface area contributed by atoms with Crippen LogP contribution in [0.25, 0.3) is 0 Å². The molecule has 0 atom stereocenters. The van der Waals surface area contributed by atoms with Crippen LogP contribution in [-0.4, -0.2) is 15.7 Å². The fraction of sp³-hybridized carbons (Fsp3) is 0.500. The second kappa shape index (κ2) is 4.49. The smallest absolute Gasteiger partial charge is 0.198 e. The van der Waals surface area contributed by atoms with Gasteiger partial charge in [0.05, 0.1) is 0 Å². The van der Waals surface area contributed by atoms with Gasteiger partial charge in [-0.3, -0.25) is 0 Å². The summed E-state index contributed by atoms with van der Waals surface area (Å²) in [6.07, 6.45) is 4.21. The lowest BCUT2D eigenvalue weighted by Crippen LogP contribution is -2.33. The van der Waals surface area contributed by atoms with Crippen LogP contribution in [0.5, 0.6) is 0 Å². The van der Waals surface area contributed by atoms with Crippen molar-refractivity contribution in [2.45, 2.75) is 25.7 Å². The summed E-state index contributed by atoms with van der Waals surface area (Å²) in [4.78, 5) is 12.4. The summed E-state index contributed by atoms with van der Waals surface area (Å²) in [7, 11) is 0. The highest BCUT2D eigenvalue weighted by Crippen LogP contribution is 2.31. The topological polar surface area (TPSA) is 63.2 Å². The molecule has 0 spiro atoms. The molecule has 0 aromatic carbocycles. The minimum absolute atomic E-state index is 0.0758. The van der Waals surface area contributed by atoms with E-state index < -0.39 is 0 Å². The van der Waals surface area contributed by atoms with Gasteiger partial charge in [-0.05, 0) is 54.5 Å². The highest BCUT2D eigenvalue weighted by molar-refractivity contribution is 6.71. The van der Waals surface area contributed by atoms with Crippen LogP contribution >= 0.6 is 23.2 Å². The van der Waals surface area contributed by atoms with E-state index in [1.807, 2.05) is 0 Å². The van der Waals surface area contributed by atoms with Crippen LogP contribution in [0, 0.1) is 0 Å². The predicted octanol–water partition coefficient (Wildman–Crippen LogP) is 2.08. The molecule has 2 N–H and O–H groups in total. The molecule has 7 heteroatoms. The minimum atomic E-state index is 0.0758. The number of allylic oxidation sites excluding steroid dienone is 1. The first-order chi connectivity index (χ1) is 7.22. The van der Waals surface area contributed by atoms with Gasteiger partial charge >= 0.3 is 0 Å². The molecule has 0 bridgehead atoms. The average molecular weight is 249 g/mol. The van der Waals surface area contributed by atoms with Crippen LogP contribution in [-0.2, 0) is 4.94 Å². The van der Waals surface area contributed by atoms with Crippen LogP contribution in [0.2, 0.25) is 0 Å². The Morgan fingerprint density at radius 1 is 1.20 bits per heavy atom. The first-order valence-corrected chi connectivity index (χ1v) is 5.35. The molecule has 1 saturated carbocycles. The predicted molar refractivity (Wildman–Crippen MR) is 59.2 cm³/mol. The van der Waals surface area contributed by atoms with Gasteiger partial charge in [-0.1, -0.05) is 0 Å². The summed E-state index contributed by atoms with van der Waals surface area (Å²) in [5.74, 6) is 5.68. The van der Waals surface area contributed by atoms with Crippen molar-refractivity contribution in [1.82, 2.24) is 5.06 Å². The lowest BCUT2D eigenvalue weighted by molar-refractivity contribution is -0.0751. The second-order valence-electron chi connectivity index (χ2n) is 3.30. The van der Waals surface area contributed by atoms with E-state index in [-0.39, 0.29) is 10.6 Å². The van der Waals surface area contributed by atoms with Crippen molar-refractivity contribution in [3.8, 4) is 0 Å². The number of nitrogens with two attached hydrogens (primary N) is 1. The third-order valence-corrected chi connectivity index (χ3v) is 2.78. The molecule has 0 aromatic heterocycles. The normalized spacial score (nSPS) is 21.9. The number of hydrogen-bond donors (Lipinski definition) is 1. The molecule has 1 aliphatic carbocycles. The largest absolute Gasteiger partial charge is 0.233 e. The monoisotopic (exact) mass is 248 g/mol. The fourth-order valence-corrected chi connectivity index (χ4v) is 2.11. The van der Waals surface area contributed by atoms with Crippen LogP contribution in [0.4, 0.5) is 0 Å². The van der Waals surface area contributed by atoms with Crippen LogP contribution in [0.1, 0.15) is 25.7 Å². The Morgan fingerprint density at radius 3 is 2.47 bits per heavy atom. The highest BCUT2D eigenvalue weighted by Gasteiger charge is 2.25. The molecule has 0 unspecified atom stereocenters. The molecule has 0 radical (unpaired) electrons. The summed E-state index contributed by atoms with van der Waals surface area (Å²) in [5, 5.41) is 1.36. The quantitative estimate of drug-likeness (QED) is 0.571. The van der Waals surface area contributed by atoms with Gasteiger partial charge in [-0.2, -0.15) is 25.9 Å². The van der Waals surface area contributed by atoms with Crippen LogP contribution in [0.3, 0.4) is 0 Å². The van der Waals surface area contributed by atoms with Crippen molar-refractivity contribution in [1.29, 1.82) is 0 Å². The van der Waals surface area contributed by atoms with E-state index in [2.05, 4.69) is 14.9 Å². The maximum atomic E-state index is 5.82. The summed E-state index contributed by atoms with van der Waals surface area (Å²) in [6.45, 7) is 0. The zero-order valence-electron chi connectivity index (χ0n) is 7.91. The molecule has 15 heavy (non-hydrogen) atoms. The van der Waals surface area contributed by atoms with Gasteiger partial charge in [0.25, 0.3) is 0 Å². The van der Waals surface area contributed by atoms with E-state index in [4.69, 9.17) is 29.1 Å². The third-order valence-electron chi connectivity index (χ3n) is 2.37. The van der Waals surface area contributed by atoms with Crippen molar-refractivity contribution in [3.05, 3.63) is 11.4 Å². The number of rotatable bonds is 1. The van der Waals surface area contributed by atoms with E-state index >= 15 is 0 Å². The first kappa shape index (κ1) is 10.9. The van der Waals surface area contributed by atoms with E-state index in [1.54, 1.807) is 0 Å². The standard InChI is InChI=1S/C8H10Cl2N4O/c9-7-12-6(5-3-1-2-4-5)14(15-11)8(10)13-7/h1-4,11H2. The van der Waals surface area contributed by atoms with Crippen molar-refractivity contribution < 1.29 is 4.94 Å². The summed E-state index contributed by atoms with van der Waals surface area (Å²) >= 11 is 11.6. The van der Waals surface area contributed by atoms with Gasteiger partial charge in [0.1, 0.15) is 0 Å². The van der Waals surface area contributed by atoms with E-state index in [1.165, 1.54) is 5.06 Å². The van der Waals surface area contributed by atoms with Crippen molar-refractivity contribution in [3.63, 3.8) is 0 Å². The zero-order chi connectivity index (χ0) is 10.8. The van der Waals surface area contributed by atoms with Gasteiger partial charge in [-0.25, -0.2) is 0 Å². The van der Waals surface area contributed by atoms with E-state index in [0.717, 1.165) is 31.3 Å². The van der Waals surface area contributed by atoms with Gasteiger partial charge in [0.2, 0.25) is 10.6 Å². The van der Waals surface area contributed by atoms with Crippen molar-refractivity contribution in [2.75, 3.05) is 0 Å². The Balaban J connectivity index is 2.37. The molecule has 82 valence electrons. The molecule has 0 amide bonds. The first-order valence-electron chi connectivity index (χ1n) is 4.59. The Kier molecular flexibility index (Phi) is 3.25. The maximum Gasteiger partial charge on any atom is 0.233 e. The van der Waals surface area contributed by atoms with Crippen molar-refractivity contribution >= 4 is 33.8 Å². The molecule has 0 aromatic rings. The minimum Gasteiger partial charge on any atom is -0.198 e. The summed E-state index contributed by atoms with van der Waals surface area (Å²) < 4.78 is 0. The molecule has 1 heterocycles. The number of aliphatic imine (C=N–C) groups is 2. The maximum absolute atomic E-state index is 5.82.